The van der Waals surface area contributed by atoms with Crippen LogP contribution in [0, 0.1) is 29.1 Å². The highest BCUT2D eigenvalue weighted by Crippen LogP contribution is 2.37. The number of likely N-dealkylation sites (tertiary alicyclic amines) is 1. The summed E-state index contributed by atoms with van der Waals surface area (Å²) in [6, 6.07) is 0. The van der Waals surface area contributed by atoms with E-state index in [1.54, 1.807) is 0 Å². The summed E-state index contributed by atoms with van der Waals surface area (Å²) in [6.45, 7) is 15.4. The van der Waals surface area contributed by atoms with E-state index in [-0.39, 0.29) is 6.17 Å². The largest absolute Gasteiger partial charge is 0.363 e. The fraction of sp³-hybridized carbons (Fsp3) is 0.958. The van der Waals surface area contributed by atoms with Crippen molar-refractivity contribution in [1.82, 2.24) is 20.9 Å². The number of piperidine rings is 1. The van der Waals surface area contributed by atoms with E-state index in [4.69, 9.17) is 5.41 Å². The van der Waals surface area contributed by atoms with Gasteiger partial charge in [0.25, 0.3) is 0 Å². The Morgan fingerprint density at radius 1 is 1.23 bits per heavy atom. The summed E-state index contributed by atoms with van der Waals surface area (Å²) in [5.74, 6) is 1.35. The number of aliphatic hydroxyl groups is 1. The predicted octanol–water partition coefficient (Wildman–Crippen LogP) is 3.37. The van der Waals surface area contributed by atoms with E-state index < -0.39 is 5.85 Å². The summed E-state index contributed by atoms with van der Waals surface area (Å²) in [4.78, 5) is 2.54. The summed E-state index contributed by atoms with van der Waals surface area (Å²) in [6.07, 6.45) is 8.42. The summed E-state index contributed by atoms with van der Waals surface area (Å²) < 4.78 is 0. The second-order valence-electron chi connectivity index (χ2n) is 10.5. The molecule has 1 heterocycles. The molecule has 0 bridgehead atoms. The molecule has 2 rings (SSSR count). The van der Waals surface area contributed by atoms with Crippen molar-refractivity contribution >= 4 is 5.71 Å². The van der Waals surface area contributed by atoms with Crippen LogP contribution in [0.1, 0.15) is 79.6 Å². The Kier molecular flexibility index (Phi) is 10.7. The van der Waals surface area contributed by atoms with Crippen molar-refractivity contribution in [3.8, 4) is 0 Å². The number of hydrogen-bond donors (Lipinski definition) is 5. The van der Waals surface area contributed by atoms with Crippen LogP contribution < -0.4 is 16.0 Å². The number of nitrogens with zero attached hydrogens (tertiary/aromatic N) is 1. The first-order valence-electron chi connectivity index (χ1n) is 12.5. The van der Waals surface area contributed by atoms with Crippen LogP contribution in [0.3, 0.4) is 0 Å². The molecule has 176 valence electrons. The molecule has 2 unspecified atom stereocenters. The fourth-order valence-electron chi connectivity index (χ4n) is 4.62. The molecule has 1 aliphatic carbocycles. The molecule has 4 atom stereocenters. The van der Waals surface area contributed by atoms with E-state index in [1.807, 2.05) is 6.92 Å². The van der Waals surface area contributed by atoms with Gasteiger partial charge in [-0.15, -0.1) is 0 Å². The molecule has 1 saturated heterocycles. The Labute approximate surface area is 185 Å². The minimum Gasteiger partial charge on any atom is -0.363 e. The number of rotatable bonds is 15. The third-order valence-electron chi connectivity index (χ3n) is 6.64. The van der Waals surface area contributed by atoms with Crippen LogP contribution in [-0.4, -0.2) is 60.5 Å². The van der Waals surface area contributed by atoms with Crippen molar-refractivity contribution in [3.63, 3.8) is 0 Å². The third-order valence-corrected chi connectivity index (χ3v) is 6.64. The van der Waals surface area contributed by atoms with Gasteiger partial charge in [-0.05, 0) is 57.0 Å². The fourth-order valence-corrected chi connectivity index (χ4v) is 4.62. The first-order chi connectivity index (χ1) is 14.2. The highest BCUT2D eigenvalue weighted by atomic mass is 16.3. The Bertz CT molecular complexity index is 506. The van der Waals surface area contributed by atoms with E-state index in [9.17, 15) is 5.11 Å². The van der Waals surface area contributed by atoms with Gasteiger partial charge in [-0.2, -0.15) is 0 Å². The lowest BCUT2D eigenvalue weighted by Gasteiger charge is -2.39. The second-order valence-corrected chi connectivity index (χ2v) is 10.5. The number of hydrogen-bond acceptors (Lipinski definition) is 6. The zero-order valence-electron chi connectivity index (χ0n) is 20.3. The minimum atomic E-state index is -1.09. The Hall–Kier alpha value is -0.530. The van der Waals surface area contributed by atoms with Gasteiger partial charge >= 0.3 is 0 Å². The number of nitrogens with one attached hydrogen (secondary N) is 4. The highest BCUT2D eigenvalue weighted by molar-refractivity contribution is 5.84. The second kappa shape index (κ2) is 12.5. The maximum absolute atomic E-state index is 10.9. The van der Waals surface area contributed by atoms with E-state index in [0.717, 1.165) is 63.1 Å². The van der Waals surface area contributed by atoms with Crippen LogP contribution in [0.15, 0.2) is 0 Å². The lowest BCUT2D eigenvalue weighted by Crippen LogP contribution is -2.64. The van der Waals surface area contributed by atoms with Crippen molar-refractivity contribution in [2.24, 2.45) is 23.7 Å². The number of unbranched alkanes of at least 4 members (excludes halogenated alkanes) is 1. The molecule has 1 aliphatic heterocycles. The molecular formula is C24H49N5O. The zero-order chi connectivity index (χ0) is 22.1. The van der Waals surface area contributed by atoms with Crippen LogP contribution in [0.2, 0.25) is 0 Å². The maximum atomic E-state index is 10.9. The van der Waals surface area contributed by atoms with Crippen LogP contribution in [0.25, 0.3) is 0 Å². The molecule has 6 nitrogen and oxygen atoms in total. The normalized spacial score (nSPS) is 24.8. The lowest BCUT2D eigenvalue weighted by atomic mass is 9.90. The van der Waals surface area contributed by atoms with Crippen molar-refractivity contribution in [2.75, 3.05) is 32.7 Å². The van der Waals surface area contributed by atoms with Gasteiger partial charge in [0.2, 0.25) is 0 Å². The van der Waals surface area contributed by atoms with Gasteiger partial charge in [0, 0.05) is 31.3 Å². The van der Waals surface area contributed by atoms with Crippen LogP contribution in [0.4, 0.5) is 0 Å². The van der Waals surface area contributed by atoms with Gasteiger partial charge in [-0.3, -0.25) is 10.6 Å². The van der Waals surface area contributed by atoms with E-state index in [1.165, 1.54) is 32.1 Å². The van der Waals surface area contributed by atoms with Crippen LogP contribution in [0.5, 0.6) is 0 Å². The first-order valence-corrected chi connectivity index (χ1v) is 12.5. The van der Waals surface area contributed by atoms with E-state index >= 15 is 0 Å². The van der Waals surface area contributed by atoms with Gasteiger partial charge in [0.1, 0.15) is 0 Å². The minimum absolute atomic E-state index is 0.0384. The smallest absolute Gasteiger partial charge is 0.170 e. The topological polar surface area (TPSA) is 83.4 Å². The quantitative estimate of drug-likeness (QED) is 0.206. The van der Waals surface area contributed by atoms with Gasteiger partial charge < -0.3 is 20.7 Å². The van der Waals surface area contributed by atoms with Crippen molar-refractivity contribution in [1.29, 1.82) is 5.41 Å². The van der Waals surface area contributed by atoms with Crippen LogP contribution in [-0.2, 0) is 0 Å². The monoisotopic (exact) mass is 423 g/mol. The van der Waals surface area contributed by atoms with E-state index in [2.05, 4.69) is 48.5 Å². The van der Waals surface area contributed by atoms with Gasteiger partial charge in [0.15, 0.2) is 5.85 Å². The highest BCUT2D eigenvalue weighted by Gasteiger charge is 2.33. The first kappa shape index (κ1) is 25.7. The Morgan fingerprint density at radius 2 is 1.97 bits per heavy atom. The average Bonchev–Trinajstić information content (AvgIpc) is 3.47. The molecule has 1 saturated carbocycles. The zero-order valence-corrected chi connectivity index (χ0v) is 20.3. The maximum Gasteiger partial charge on any atom is 0.170 e. The van der Waals surface area contributed by atoms with Gasteiger partial charge in [-0.25, -0.2) is 0 Å². The molecule has 2 fully saturated rings. The molecule has 0 amide bonds. The molecule has 0 aromatic rings. The lowest BCUT2D eigenvalue weighted by molar-refractivity contribution is -0.0328. The summed E-state index contributed by atoms with van der Waals surface area (Å²) in [5, 5.41) is 29.4. The van der Waals surface area contributed by atoms with Gasteiger partial charge in [-0.1, -0.05) is 53.4 Å². The molecule has 0 aromatic heterocycles. The van der Waals surface area contributed by atoms with Gasteiger partial charge in [0.05, 0.1) is 6.17 Å². The van der Waals surface area contributed by atoms with Crippen molar-refractivity contribution < 1.29 is 5.11 Å². The summed E-state index contributed by atoms with van der Waals surface area (Å²) in [7, 11) is 0. The van der Waals surface area contributed by atoms with Crippen molar-refractivity contribution in [2.45, 2.75) is 91.6 Å². The molecular weight excluding hydrogens is 374 g/mol. The summed E-state index contributed by atoms with van der Waals surface area (Å²) >= 11 is 0. The molecule has 0 spiro atoms. The molecule has 0 radical (unpaired) electrons. The predicted molar refractivity (Wildman–Crippen MR) is 127 cm³/mol. The molecule has 5 N–H and O–H groups in total. The summed E-state index contributed by atoms with van der Waals surface area (Å²) in [5.41, 5.74) is 0.969. The third kappa shape index (κ3) is 9.73. The van der Waals surface area contributed by atoms with Crippen molar-refractivity contribution in [3.05, 3.63) is 0 Å². The van der Waals surface area contributed by atoms with E-state index in [0.29, 0.717) is 11.8 Å². The van der Waals surface area contributed by atoms with Crippen LogP contribution >= 0.6 is 0 Å². The molecule has 0 aromatic carbocycles. The SMILES string of the molecule is CCNC(N[C@@](C)(O)NCCCCC(C)C)[C@@H](C)CN1CCC(=N)C(CC2CC2)C1. The molecule has 6 heteroatoms. The molecule has 30 heavy (non-hydrogen) atoms. The Balaban J connectivity index is 1.79. The average molecular weight is 424 g/mol. The molecule has 2 aliphatic rings. The Morgan fingerprint density at radius 3 is 2.60 bits per heavy atom. The standard InChI is InChI=1S/C24H49N5O/c1-6-26-23(28-24(5,30)27-13-8-7-9-18(2)3)19(4)16-29-14-12-22(25)21(17-29)15-20-10-11-20/h18-21,23,25-28,30H,6-17H2,1-5H3/t19-,21?,23?,24-/m0/s1.